The summed E-state index contributed by atoms with van der Waals surface area (Å²) in [6.07, 6.45) is 0. The van der Waals surface area contributed by atoms with E-state index in [9.17, 15) is 14.9 Å². The average molecular weight is 229 g/mol. The Balaban J connectivity index is 2.65. The fourth-order valence-electron chi connectivity index (χ4n) is 1.96. The van der Waals surface area contributed by atoms with Gasteiger partial charge in [-0.05, 0) is 23.1 Å². The van der Waals surface area contributed by atoms with Gasteiger partial charge < -0.3 is 15.1 Å². The molecule has 1 aromatic carbocycles. The van der Waals surface area contributed by atoms with Crippen LogP contribution in [0.15, 0.2) is 41.2 Å². The van der Waals surface area contributed by atoms with Gasteiger partial charge in [0.15, 0.2) is 11.0 Å². The van der Waals surface area contributed by atoms with E-state index in [1.54, 1.807) is 24.3 Å². The van der Waals surface area contributed by atoms with Crippen LogP contribution < -0.4 is 5.56 Å². The molecule has 0 atom stereocenters. The number of nitrogens with zero attached hydrogens (tertiary/aromatic N) is 2. The van der Waals surface area contributed by atoms with E-state index in [0.29, 0.717) is 11.0 Å². The Bertz CT molecular complexity index is 800. The molecule has 1 N–H and O–H groups in total. The van der Waals surface area contributed by atoms with Crippen LogP contribution in [0.25, 0.3) is 16.6 Å². The number of rotatable bonds is 1. The molecule has 84 valence electrons. The topological polar surface area (TPSA) is 80.4 Å². The Morgan fingerprint density at radius 1 is 1.12 bits per heavy atom. The van der Waals surface area contributed by atoms with E-state index in [-0.39, 0.29) is 16.9 Å². The zero-order valence-corrected chi connectivity index (χ0v) is 8.58. The molecular formula is C11H7N3O3. The Morgan fingerprint density at radius 3 is 2.65 bits per heavy atom. The highest BCUT2D eigenvalue weighted by atomic mass is 16.6. The zero-order valence-electron chi connectivity index (χ0n) is 8.58. The highest BCUT2D eigenvalue weighted by molar-refractivity contribution is 5.79. The van der Waals surface area contributed by atoms with Gasteiger partial charge in [-0.15, -0.1) is 0 Å². The molecule has 0 fully saturated rings. The van der Waals surface area contributed by atoms with Crippen molar-refractivity contribution >= 4 is 22.4 Å². The number of hydrogen-bond acceptors (Lipinski definition) is 3. The fraction of sp³-hybridized carbons (Fsp3) is 0. The maximum absolute atomic E-state index is 11.7. The summed E-state index contributed by atoms with van der Waals surface area (Å²) in [5, 5.41) is 10.9. The van der Waals surface area contributed by atoms with Crippen molar-refractivity contribution in [3.63, 3.8) is 0 Å². The van der Waals surface area contributed by atoms with Crippen molar-refractivity contribution < 1.29 is 4.92 Å². The maximum Gasteiger partial charge on any atom is 0.328 e. The summed E-state index contributed by atoms with van der Waals surface area (Å²) in [6.45, 7) is 0. The van der Waals surface area contributed by atoms with Crippen molar-refractivity contribution in [2.45, 2.75) is 0 Å². The molecular weight excluding hydrogens is 222 g/mol. The first-order chi connectivity index (χ1) is 8.18. The number of nitro groups is 1. The van der Waals surface area contributed by atoms with Crippen LogP contribution in [0.5, 0.6) is 0 Å². The molecule has 0 spiro atoms. The molecule has 0 saturated carbocycles. The largest absolute Gasteiger partial charge is 0.358 e. The van der Waals surface area contributed by atoms with E-state index in [1.807, 2.05) is 0 Å². The summed E-state index contributed by atoms with van der Waals surface area (Å²) < 4.78 is 1.36. The zero-order chi connectivity index (χ0) is 12.0. The number of aromatic nitrogens is 2. The molecule has 0 radical (unpaired) electrons. The lowest BCUT2D eigenvalue weighted by Gasteiger charge is -1.99. The van der Waals surface area contributed by atoms with E-state index >= 15 is 0 Å². The molecule has 0 saturated heterocycles. The normalized spacial score (nSPS) is 11.1. The number of para-hydroxylation sites is 2. The quantitative estimate of drug-likeness (QED) is 0.509. The van der Waals surface area contributed by atoms with Gasteiger partial charge in [0, 0.05) is 6.07 Å². The van der Waals surface area contributed by atoms with Crippen molar-refractivity contribution in [1.29, 1.82) is 0 Å². The molecule has 17 heavy (non-hydrogen) atoms. The van der Waals surface area contributed by atoms with Crippen molar-refractivity contribution in [1.82, 2.24) is 9.38 Å². The van der Waals surface area contributed by atoms with Crippen molar-refractivity contribution in [3.8, 4) is 0 Å². The van der Waals surface area contributed by atoms with Crippen LogP contribution in [0.3, 0.4) is 0 Å². The molecule has 6 heteroatoms. The summed E-state index contributed by atoms with van der Waals surface area (Å²) in [6, 6.07) is 9.74. The molecule has 0 aliphatic carbocycles. The van der Waals surface area contributed by atoms with E-state index < -0.39 is 4.92 Å². The molecule has 0 unspecified atom stereocenters. The molecule has 0 aliphatic heterocycles. The molecule has 3 rings (SSSR count). The second-order valence-electron chi connectivity index (χ2n) is 3.64. The van der Waals surface area contributed by atoms with E-state index in [0.717, 1.165) is 0 Å². The number of nitrogens with one attached hydrogen (secondary N) is 1. The number of H-pyrrole nitrogens is 1. The van der Waals surface area contributed by atoms with Crippen molar-refractivity contribution in [2.75, 3.05) is 0 Å². The van der Waals surface area contributed by atoms with Gasteiger partial charge in [-0.25, -0.2) is 0 Å². The predicted molar refractivity (Wildman–Crippen MR) is 62.2 cm³/mol. The number of aromatic amines is 1. The van der Waals surface area contributed by atoms with Crippen LogP contribution in [0.4, 0.5) is 5.82 Å². The predicted octanol–water partition coefficient (Wildman–Crippen LogP) is 1.69. The molecule has 0 amide bonds. The van der Waals surface area contributed by atoms with Crippen LogP contribution in [0, 0.1) is 10.1 Å². The number of fused-ring (bicyclic) bond motifs is 3. The summed E-state index contributed by atoms with van der Waals surface area (Å²) in [5.41, 5.74) is 1.12. The van der Waals surface area contributed by atoms with Gasteiger partial charge in [0.1, 0.15) is 0 Å². The van der Waals surface area contributed by atoms with Crippen LogP contribution in [-0.4, -0.2) is 14.3 Å². The minimum Gasteiger partial charge on any atom is -0.358 e. The second-order valence-corrected chi connectivity index (χ2v) is 3.64. The Morgan fingerprint density at radius 2 is 1.88 bits per heavy atom. The Hall–Kier alpha value is -2.63. The van der Waals surface area contributed by atoms with E-state index in [4.69, 9.17) is 0 Å². The van der Waals surface area contributed by atoms with Gasteiger partial charge in [-0.1, -0.05) is 12.1 Å². The molecule has 2 heterocycles. The third kappa shape index (κ3) is 1.24. The number of benzene rings is 1. The summed E-state index contributed by atoms with van der Waals surface area (Å²) in [5.74, 6) is -0.109. The third-order valence-corrected chi connectivity index (χ3v) is 2.67. The highest BCUT2D eigenvalue weighted by Crippen LogP contribution is 2.20. The third-order valence-electron chi connectivity index (χ3n) is 2.67. The van der Waals surface area contributed by atoms with Crippen LogP contribution >= 0.6 is 0 Å². The summed E-state index contributed by atoms with van der Waals surface area (Å²) in [7, 11) is 0. The first kappa shape index (κ1) is 9.59. The van der Waals surface area contributed by atoms with Crippen LogP contribution in [0.1, 0.15) is 0 Å². The van der Waals surface area contributed by atoms with Gasteiger partial charge >= 0.3 is 5.82 Å². The van der Waals surface area contributed by atoms with E-state index in [1.165, 1.54) is 16.5 Å². The van der Waals surface area contributed by atoms with Crippen molar-refractivity contribution in [2.24, 2.45) is 0 Å². The SMILES string of the molecule is O=c1[nH]c2ccccc2n2c([N+](=O)[O-])ccc12. The van der Waals surface area contributed by atoms with Crippen molar-refractivity contribution in [3.05, 3.63) is 56.9 Å². The van der Waals surface area contributed by atoms with Crippen LogP contribution in [-0.2, 0) is 0 Å². The number of hydrogen-bond donors (Lipinski definition) is 1. The minimum absolute atomic E-state index is 0.109. The van der Waals surface area contributed by atoms with E-state index in [2.05, 4.69) is 4.98 Å². The monoisotopic (exact) mass is 229 g/mol. The second kappa shape index (κ2) is 3.18. The average Bonchev–Trinajstić information content (AvgIpc) is 2.74. The molecule has 6 nitrogen and oxygen atoms in total. The Labute approximate surface area is 94.3 Å². The molecule has 0 aliphatic rings. The standard InChI is InChI=1S/C11H7N3O3/c15-11-9-5-6-10(14(16)17)13(9)8-4-2-1-3-7(8)12-11/h1-6H,(H,12,15). The molecule has 3 aromatic rings. The highest BCUT2D eigenvalue weighted by Gasteiger charge is 2.17. The smallest absolute Gasteiger partial charge is 0.328 e. The van der Waals surface area contributed by atoms with Gasteiger partial charge in [-0.3, -0.25) is 4.79 Å². The lowest BCUT2D eigenvalue weighted by atomic mass is 10.3. The molecule has 2 aromatic heterocycles. The van der Waals surface area contributed by atoms with Gasteiger partial charge in [0.2, 0.25) is 0 Å². The van der Waals surface area contributed by atoms with Gasteiger partial charge in [-0.2, -0.15) is 4.40 Å². The maximum atomic E-state index is 11.7. The molecule has 0 bridgehead atoms. The summed E-state index contributed by atoms with van der Waals surface area (Å²) >= 11 is 0. The lowest BCUT2D eigenvalue weighted by Crippen LogP contribution is -2.10. The van der Waals surface area contributed by atoms with Crippen LogP contribution in [0.2, 0.25) is 0 Å². The Kier molecular flexibility index (Phi) is 1.79. The summed E-state index contributed by atoms with van der Waals surface area (Å²) in [4.78, 5) is 24.8. The lowest BCUT2D eigenvalue weighted by molar-refractivity contribution is -0.390. The fourth-order valence-corrected chi connectivity index (χ4v) is 1.96. The minimum atomic E-state index is -0.501. The van der Waals surface area contributed by atoms with Gasteiger partial charge in [0.25, 0.3) is 5.56 Å². The first-order valence-electron chi connectivity index (χ1n) is 4.95. The van der Waals surface area contributed by atoms with Gasteiger partial charge in [0.05, 0.1) is 5.52 Å². The first-order valence-corrected chi connectivity index (χ1v) is 4.95.